The summed E-state index contributed by atoms with van der Waals surface area (Å²) < 4.78 is 0. The summed E-state index contributed by atoms with van der Waals surface area (Å²) in [7, 11) is 2.14. The van der Waals surface area contributed by atoms with Crippen molar-refractivity contribution in [1.82, 2.24) is 9.97 Å². The quantitative estimate of drug-likeness (QED) is 0.728. The van der Waals surface area contributed by atoms with E-state index in [1.165, 1.54) is 16.8 Å². The Labute approximate surface area is 154 Å². The van der Waals surface area contributed by atoms with Crippen LogP contribution in [0.15, 0.2) is 54.6 Å². The highest BCUT2D eigenvalue weighted by molar-refractivity contribution is 5.59. The lowest BCUT2D eigenvalue weighted by atomic mass is 10.1. The van der Waals surface area contributed by atoms with E-state index < -0.39 is 0 Å². The Kier molecular flexibility index (Phi) is 4.44. The number of fused-ring (bicyclic) bond motifs is 1. The highest BCUT2D eigenvalue weighted by atomic mass is 15.1. The number of aromatic nitrogens is 2. The van der Waals surface area contributed by atoms with Gasteiger partial charge in [-0.3, -0.25) is 0 Å². The molecule has 2 N–H and O–H groups in total. The van der Waals surface area contributed by atoms with Crippen molar-refractivity contribution < 1.29 is 0 Å². The lowest BCUT2D eigenvalue weighted by Crippen LogP contribution is -2.12. The molecule has 132 valence electrons. The van der Waals surface area contributed by atoms with Gasteiger partial charge in [0.25, 0.3) is 0 Å². The zero-order valence-corrected chi connectivity index (χ0v) is 15.2. The van der Waals surface area contributed by atoms with E-state index in [1.54, 1.807) is 0 Å². The van der Waals surface area contributed by atoms with E-state index in [-0.39, 0.29) is 0 Å². The maximum Gasteiger partial charge on any atom is 0.225 e. The molecule has 1 aliphatic rings. The number of likely N-dealkylation sites (N-methyl/N-ethyl adjacent to an activating group) is 1. The molecule has 2 aromatic carbocycles. The second-order valence-electron chi connectivity index (χ2n) is 6.70. The van der Waals surface area contributed by atoms with E-state index >= 15 is 0 Å². The van der Waals surface area contributed by atoms with Gasteiger partial charge < -0.3 is 15.5 Å². The van der Waals surface area contributed by atoms with Crippen molar-refractivity contribution in [3.8, 4) is 0 Å². The van der Waals surface area contributed by atoms with Crippen LogP contribution in [0.2, 0.25) is 0 Å². The summed E-state index contributed by atoms with van der Waals surface area (Å²) >= 11 is 0. The zero-order chi connectivity index (χ0) is 17.9. The Balaban J connectivity index is 1.47. The molecule has 26 heavy (non-hydrogen) atoms. The molecule has 0 fully saturated rings. The molecular weight excluding hydrogens is 322 g/mol. The fraction of sp³-hybridized carbons (Fsp3) is 0.238. The third-order valence-electron chi connectivity index (χ3n) is 4.62. The first-order valence-corrected chi connectivity index (χ1v) is 8.92. The van der Waals surface area contributed by atoms with Crippen molar-refractivity contribution in [1.29, 1.82) is 0 Å². The molecule has 0 saturated heterocycles. The Hall–Kier alpha value is -3.08. The minimum absolute atomic E-state index is 0.640. The average Bonchev–Trinajstić information content (AvgIpc) is 3.01. The molecule has 0 radical (unpaired) electrons. The van der Waals surface area contributed by atoms with Gasteiger partial charge in [0.2, 0.25) is 5.95 Å². The Morgan fingerprint density at radius 3 is 2.73 bits per heavy atom. The van der Waals surface area contributed by atoms with Crippen LogP contribution in [0.25, 0.3) is 0 Å². The summed E-state index contributed by atoms with van der Waals surface area (Å²) in [5.41, 5.74) is 5.95. The van der Waals surface area contributed by atoms with Crippen LogP contribution in [0.1, 0.15) is 16.8 Å². The fourth-order valence-corrected chi connectivity index (χ4v) is 3.29. The number of aryl methyl sites for hydroxylation is 1. The van der Waals surface area contributed by atoms with Crippen LogP contribution in [-0.2, 0) is 13.0 Å². The molecule has 1 aliphatic heterocycles. The van der Waals surface area contributed by atoms with Gasteiger partial charge in [-0.05, 0) is 42.7 Å². The topological polar surface area (TPSA) is 53.1 Å². The lowest BCUT2D eigenvalue weighted by molar-refractivity contribution is 0.955. The smallest absolute Gasteiger partial charge is 0.225 e. The van der Waals surface area contributed by atoms with Crippen LogP contribution >= 0.6 is 0 Å². The summed E-state index contributed by atoms with van der Waals surface area (Å²) in [6.45, 7) is 3.79. The van der Waals surface area contributed by atoms with Crippen molar-refractivity contribution in [2.45, 2.75) is 19.9 Å². The number of nitrogens with one attached hydrogen (secondary N) is 2. The Bertz CT molecular complexity index is 908. The molecule has 4 rings (SSSR count). The summed E-state index contributed by atoms with van der Waals surface area (Å²) in [6.07, 6.45) is 1.12. The third-order valence-corrected chi connectivity index (χ3v) is 4.62. The molecule has 3 aromatic rings. The predicted octanol–water partition coefficient (Wildman–Crippen LogP) is 4.13. The molecule has 0 bridgehead atoms. The molecule has 0 saturated carbocycles. The minimum Gasteiger partial charge on any atom is -0.374 e. The molecule has 1 aromatic heterocycles. The first-order valence-electron chi connectivity index (χ1n) is 8.92. The van der Waals surface area contributed by atoms with E-state index in [0.717, 1.165) is 30.2 Å². The molecule has 2 heterocycles. The second-order valence-corrected chi connectivity index (χ2v) is 6.70. The molecule has 0 aliphatic carbocycles. The largest absolute Gasteiger partial charge is 0.374 e. The first kappa shape index (κ1) is 16.4. The lowest BCUT2D eigenvalue weighted by Gasteiger charge is -2.13. The van der Waals surface area contributed by atoms with Crippen LogP contribution in [0, 0.1) is 6.92 Å². The van der Waals surface area contributed by atoms with Crippen LogP contribution in [0.5, 0.6) is 0 Å². The number of benzene rings is 2. The van der Waals surface area contributed by atoms with Crippen molar-refractivity contribution in [3.63, 3.8) is 0 Å². The summed E-state index contributed by atoms with van der Waals surface area (Å²) in [6, 6.07) is 18.7. The van der Waals surface area contributed by atoms with Gasteiger partial charge in [0.1, 0.15) is 5.82 Å². The van der Waals surface area contributed by atoms with Gasteiger partial charge in [0, 0.05) is 43.3 Å². The Morgan fingerprint density at radius 2 is 1.88 bits per heavy atom. The molecule has 5 nitrogen and oxygen atoms in total. The molecule has 5 heteroatoms. The number of hydrogen-bond donors (Lipinski definition) is 2. The fourth-order valence-electron chi connectivity index (χ4n) is 3.29. The van der Waals surface area contributed by atoms with Crippen molar-refractivity contribution >= 4 is 23.1 Å². The molecule has 0 unspecified atom stereocenters. The first-order chi connectivity index (χ1) is 12.7. The zero-order valence-electron chi connectivity index (χ0n) is 15.2. The third kappa shape index (κ3) is 3.61. The monoisotopic (exact) mass is 345 g/mol. The van der Waals surface area contributed by atoms with Gasteiger partial charge >= 0.3 is 0 Å². The highest BCUT2D eigenvalue weighted by Gasteiger charge is 2.15. The number of para-hydroxylation sites is 1. The van der Waals surface area contributed by atoms with Crippen LogP contribution in [0.4, 0.5) is 23.1 Å². The summed E-state index contributed by atoms with van der Waals surface area (Å²) in [4.78, 5) is 11.4. The van der Waals surface area contributed by atoms with Crippen LogP contribution in [0.3, 0.4) is 0 Å². The highest BCUT2D eigenvalue weighted by Crippen LogP contribution is 2.27. The van der Waals surface area contributed by atoms with E-state index in [0.29, 0.717) is 12.5 Å². The van der Waals surface area contributed by atoms with Crippen LogP contribution in [-0.4, -0.2) is 23.6 Å². The predicted molar refractivity (Wildman–Crippen MR) is 107 cm³/mol. The van der Waals surface area contributed by atoms with Gasteiger partial charge in [-0.15, -0.1) is 0 Å². The summed E-state index contributed by atoms with van der Waals surface area (Å²) in [5.74, 6) is 1.43. The second kappa shape index (κ2) is 7.04. The Morgan fingerprint density at radius 1 is 1.04 bits per heavy atom. The standard InChI is InChI=1S/C21H23N5/c1-15-12-20(24-18-6-4-3-5-7-18)25-21(23-15)22-14-16-8-9-19-17(13-16)10-11-26(19)2/h3-9,12-13H,10-11,14H2,1-2H3,(H2,22,23,24,25). The molecule has 0 amide bonds. The summed E-state index contributed by atoms with van der Waals surface area (Å²) in [5, 5.41) is 6.68. The van der Waals surface area contributed by atoms with Crippen molar-refractivity contribution in [3.05, 3.63) is 71.4 Å². The van der Waals surface area contributed by atoms with Gasteiger partial charge in [-0.2, -0.15) is 4.98 Å². The molecular formula is C21H23N5. The number of anilines is 4. The van der Waals surface area contributed by atoms with E-state index in [1.807, 2.05) is 43.3 Å². The SMILES string of the molecule is Cc1cc(Nc2ccccc2)nc(NCc2ccc3c(c2)CCN3C)n1. The number of rotatable bonds is 5. The van der Waals surface area contributed by atoms with E-state index in [9.17, 15) is 0 Å². The number of hydrogen-bond acceptors (Lipinski definition) is 5. The maximum atomic E-state index is 4.59. The maximum absolute atomic E-state index is 4.59. The normalized spacial score (nSPS) is 12.8. The van der Waals surface area contributed by atoms with Gasteiger partial charge in [-0.1, -0.05) is 30.3 Å². The van der Waals surface area contributed by atoms with Gasteiger partial charge in [0.05, 0.1) is 0 Å². The van der Waals surface area contributed by atoms with Crippen LogP contribution < -0.4 is 15.5 Å². The van der Waals surface area contributed by atoms with Gasteiger partial charge in [0.15, 0.2) is 0 Å². The van der Waals surface area contributed by atoms with Crippen molar-refractivity contribution in [2.75, 3.05) is 29.1 Å². The minimum atomic E-state index is 0.640. The molecule has 0 atom stereocenters. The average molecular weight is 345 g/mol. The number of nitrogens with zero attached hydrogens (tertiary/aromatic N) is 3. The van der Waals surface area contributed by atoms with E-state index in [2.05, 4.69) is 50.7 Å². The van der Waals surface area contributed by atoms with Gasteiger partial charge in [-0.25, -0.2) is 4.98 Å². The van der Waals surface area contributed by atoms with E-state index in [4.69, 9.17) is 0 Å². The van der Waals surface area contributed by atoms with Crippen molar-refractivity contribution in [2.24, 2.45) is 0 Å². The molecule has 0 spiro atoms.